The van der Waals surface area contributed by atoms with E-state index >= 15 is 0 Å². The standard InChI is InChI=1S/C24H24ClNO2/c1-3-23(18-10-8-17(2)9-11-18)26-24(27)19-12-14-21(15-13-19)28-16-20-6-4-5-7-22(20)25/h4-15,23H,3,16H2,1-2H3,(H,26,27)/t23-/m0/s1. The quantitative estimate of drug-likeness (QED) is 0.526. The largest absolute Gasteiger partial charge is 0.489 e. The fraction of sp³-hybridized carbons (Fsp3) is 0.208. The summed E-state index contributed by atoms with van der Waals surface area (Å²) in [6.07, 6.45) is 0.827. The summed E-state index contributed by atoms with van der Waals surface area (Å²) in [7, 11) is 0. The predicted octanol–water partition coefficient (Wildman–Crippen LogP) is 6.11. The minimum Gasteiger partial charge on any atom is -0.489 e. The van der Waals surface area contributed by atoms with E-state index in [1.54, 1.807) is 24.3 Å². The van der Waals surface area contributed by atoms with E-state index < -0.39 is 0 Å². The zero-order chi connectivity index (χ0) is 19.9. The van der Waals surface area contributed by atoms with Crippen LogP contribution in [0.15, 0.2) is 72.8 Å². The molecule has 1 N–H and O–H groups in total. The molecule has 0 saturated heterocycles. The van der Waals surface area contributed by atoms with Crippen LogP contribution >= 0.6 is 11.6 Å². The zero-order valence-electron chi connectivity index (χ0n) is 16.1. The Balaban J connectivity index is 1.61. The maximum Gasteiger partial charge on any atom is 0.251 e. The lowest BCUT2D eigenvalue weighted by atomic mass is 10.0. The Morgan fingerprint density at radius 2 is 1.68 bits per heavy atom. The summed E-state index contributed by atoms with van der Waals surface area (Å²) in [5.41, 5.74) is 3.85. The number of nitrogens with one attached hydrogen (secondary N) is 1. The highest BCUT2D eigenvalue weighted by Crippen LogP contribution is 2.21. The van der Waals surface area contributed by atoms with Crippen LogP contribution in [0.4, 0.5) is 0 Å². The van der Waals surface area contributed by atoms with Crippen LogP contribution in [-0.2, 0) is 6.61 Å². The van der Waals surface area contributed by atoms with E-state index in [-0.39, 0.29) is 11.9 Å². The van der Waals surface area contributed by atoms with E-state index in [0.29, 0.717) is 22.9 Å². The number of carbonyl (C=O) groups excluding carboxylic acids is 1. The van der Waals surface area contributed by atoms with Crippen molar-refractivity contribution in [1.82, 2.24) is 5.32 Å². The smallest absolute Gasteiger partial charge is 0.251 e. The van der Waals surface area contributed by atoms with Gasteiger partial charge in [-0.05, 0) is 49.2 Å². The number of amides is 1. The molecule has 0 spiro atoms. The predicted molar refractivity (Wildman–Crippen MR) is 114 cm³/mol. The molecule has 0 saturated carbocycles. The summed E-state index contributed by atoms with van der Waals surface area (Å²) in [5.74, 6) is 0.604. The van der Waals surface area contributed by atoms with Gasteiger partial charge in [-0.2, -0.15) is 0 Å². The van der Waals surface area contributed by atoms with Gasteiger partial charge in [0.2, 0.25) is 0 Å². The van der Waals surface area contributed by atoms with Gasteiger partial charge < -0.3 is 10.1 Å². The summed E-state index contributed by atoms with van der Waals surface area (Å²) < 4.78 is 5.77. The summed E-state index contributed by atoms with van der Waals surface area (Å²) in [6, 6.07) is 23.0. The van der Waals surface area contributed by atoms with E-state index in [1.165, 1.54) is 5.56 Å². The van der Waals surface area contributed by atoms with Gasteiger partial charge in [-0.3, -0.25) is 4.79 Å². The highest BCUT2D eigenvalue weighted by Gasteiger charge is 2.14. The van der Waals surface area contributed by atoms with Crippen molar-refractivity contribution in [2.45, 2.75) is 32.9 Å². The molecule has 3 aromatic rings. The molecule has 0 bridgehead atoms. The number of hydrogen-bond donors (Lipinski definition) is 1. The number of halogens is 1. The van der Waals surface area contributed by atoms with Crippen molar-refractivity contribution in [3.8, 4) is 5.75 Å². The number of aryl methyl sites for hydroxylation is 1. The third kappa shape index (κ3) is 5.14. The van der Waals surface area contributed by atoms with Gasteiger partial charge in [0.15, 0.2) is 0 Å². The number of ether oxygens (including phenoxy) is 1. The summed E-state index contributed by atoms with van der Waals surface area (Å²) in [6.45, 7) is 4.51. The molecule has 0 aliphatic carbocycles. The lowest BCUT2D eigenvalue weighted by Crippen LogP contribution is -2.28. The van der Waals surface area contributed by atoms with Crippen LogP contribution in [0.2, 0.25) is 5.02 Å². The van der Waals surface area contributed by atoms with Crippen molar-refractivity contribution >= 4 is 17.5 Å². The zero-order valence-corrected chi connectivity index (χ0v) is 16.9. The molecule has 28 heavy (non-hydrogen) atoms. The minimum atomic E-state index is -0.0925. The fourth-order valence-electron chi connectivity index (χ4n) is 2.94. The van der Waals surface area contributed by atoms with Gasteiger partial charge in [0.05, 0.1) is 6.04 Å². The Morgan fingerprint density at radius 3 is 2.32 bits per heavy atom. The van der Waals surface area contributed by atoms with E-state index in [0.717, 1.165) is 17.5 Å². The molecular formula is C24H24ClNO2. The summed E-state index contributed by atoms with van der Waals surface area (Å²) in [4.78, 5) is 12.6. The SMILES string of the molecule is CC[C@H](NC(=O)c1ccc(OCc2ccccc2Cl)cc1)c1ccc(C)cc1. The van der Waals surface area contributed by atoms with Gasteiger partial charge in [0.1, 0.15) is 12.4 Å². The summed E-state index contributed by atoms with van der Waals surface area (Å²) >= 11 is 6.15. The Bertz CT molecular complexity index is 920. The summed E-state index contributed by atoms with van der Waals surface area (Å²) in [5, 5.41) is 3.79. The highest BCUT2D eigenvalue weighted by molar-refractivity contribution is 6.31. The molecule has 0 aliphatic heterocycles. The van der Waals surface area contributed by atoms with Crippen molar-refractivity contribution in [2.75, 3.05) is 0 Å². The van der Waals surface area contributed by atoms with Gasteiger partial charge in [0.25, 0.3) is 5.91 Å². The van der Waals surface area contributed by atoms with Crippen LogP contribution in [0.1, 0.15) is 46.4 Å². The molecule has 4 heteroatoms. The first-order valence-corrected chi connectivity index (χ1v) is 9.78. The average molecular weight is 394 g/mol. The van der Waals surface area contributed by atoms with Crippen LogP contribution in [0.3, 0.4) is 0 Å². The van der Waals surface area contributed by atoms with E-state index in [1.807, 2.05) is 24.3 Å². The molecule has 1 atom stereocenters. The van der Waals surface area contributed by atoms with Gasteiger partial charge in [-0.15, -0.1) is 0 Å². The van der Waals surface area contributed by atoms with Gasteiger partial charge >= 0.3 is 0 Å². The minimum absolute atomic E-state index is 0.00995. The average Bonchev–Trinajstić information content (AvgIpc) is 2.72. The molecule has 0 aliphatic rings. The molecule has 0 fully saturated rings. The van der Waals surface area contributed by atoms with Crippen molar-refractivity contribution < 1.29 is 9.53 Å². The van der Waals surface area contributed by atoms with Crippen molar-refractivity contribution in [1.29, 1.82) is 0 Å². The van der Waals surface area contributed by atoms with Crippen LogP contribution in [0, 0.1) is 6.92 Å². The Hall–Kier alpha value is -2.78. The Morgan fingerprint density at radius 1 is 1.00 bits per heavy atom. The maximum absolute atomic E-state index is 12.6. The number of carbonyl (C=O) groups is 1. The molecular weight excluding hydrogens is 370 g/mol. The Labute approximate surface area is 171 Å². The molecule has 1 amide bonds. The van der Waals surface area contributed by atoms with Crippen LogP contribution in [0.25, 0.3) is 0 Å². The molecule has 0 heterocycles. The number of hydrogen-bond acceptors (Lipinski definition) is 2. The fourth-order valence-corrected chi connectivity index (χ4v) is 3.13. The van der Waals surface area contributed by atoms with E-state index in [2.05, 4.69) is 43.4 Å². The van der Waals surface area contributed by atoms with Crippen molar-refractivity contribution in [3.63, 3.8) is 0 Å². The molecule has 0 unspecified atom stereocenters. The van der Waals surface area contributed by atoms with Gasteiger partial charge in [0, 0.05) is 16.1 Å². The Kier molecular flexibility index (Phi) is 6.72. The highest BCUT2D eigenvalue weighted by atomic mass is 35.5. The maximum atomic E-state index is 12.6. The first-order chi connectivity index (χ1) is 13.6. The third-order valence-corrected chi connectivity index (χ3v) is 5.03. The molecule has 3 rings (SSSR count). The number of rotatable bonds is 7. The second-order valence-corrected chi connectivity index (χ2v) is 7.16. The van der Waals surface area contributed by atoms with Gasteiger partial charge in [-0.25, -0.2) is 0 Å². The molecule has 0 radical (unpaired) electrons. The third-order valence-electron chi connectivity index (χ3n) is 4.66. The van der Waals surface area contributed by atoms with Crippen LogP contribution in [0.5, 0.6) is 5.75 Å². The normalized spacial score (nSPS) is 11.7. The van der Waals surface area contributed by atoms with Crippen molar-refractivity contribution in [3.05, 3.63) is 100 Å². The lowest BCUT2D eigenvalue weighted by molar-refractivity contribution is 0.0935. The van der Waals surface area contributed by atoms with Gasteiger partial charge in [-0.1, -0.05) is 66.6 Å². The second-order valence-electron chi connectivity index (χ2n) is 6.75. The first kappa shape index (κ1) is 20.0. The topological polar surface area (TPSA) is 38.3 Å². The van der Waals surface area contributed by atoms with E-state index in [9.17, 15) is 4.79 Å². The second kappa shape index (κ2) is 9.43. The van der Waals surface area contributed by atoms with Crippen molar-refractivity contribution in [2.24, 2.45) is 0 Å². The lowest BCUT2D eigenvalue weighted by Gasteiger charge is -2.18. The molecule has 144 valence electrons. The number of benzene rings is 3. The first-order valence-electron chi connectivity index (χ1n) is 9.40. The molecule has 3 nitrogen and oxygen atoms in total. The van der Waals surface area contributed by atoms with E-state index in [4.69, 9.17) is 16.3 Å². The monoisotopic (exact) mass is 393 g/mol. The molecule has 3 aromatic carbocycles. The van der Waals surface area contributed by atoms with Crippen LogP contribution < -0.4 is 10.1 Å². The molecule has 0 aromatic heterocycles. The van der Waals surface area contributed by atoms with Crippen LogP contribution in [-0.4, -0.2) is 5.91 Å².